The Bertz CT molecular complexity index is 599. The fraction of sp³-hybridized carbons (Fsp3) is 0.125. The van der Waals surface area contributed by atoms with Gasteiger partial charge < -0.3 is 4.74 Å². The summed E-state index contributed by atoms with van der Waals surface area (Å²) in [6.07, 6.45) is -0.458. The Balaban J connectivity index is 1.90. The molecule has 0 fully saturated rings. The lowest BCUT2D eigenvalue weighted by atomic mass is 10.1. The number of hydrogen-bond acceptors (Lipinski definition) is 3. The van der Waals surface area contributed by atoms with Crippen LogP contribution in [0.15, 0.2) is 59.1 Å². The van der Waals surface area contributed by atoms with Gasteiger partial charge in [0.2, 0.25) is 0 Å². The highest BCUT2D eigenvalue weighted by molar-refractivity contribution is 9.10. The lowest BCUT2D eigenvalue weighted by molar-refractivity contribution is -0.114. The van der Waals surface area contributed by atoms with Crippen molar-refractivity contribution in [3.8, 4) is 0 Å². The van der Waals surface area contributed by atoms with Crippen molar-refractivity contribution in [2.45, 2.75) is 12.5 Å². The predicted molar refractivity (Wildman–Crippen MR) is 84.2 cm³/mol. The Morgan fingerprint density at radius 1 is 1.14 bits per heavy atom. The van der Waals surface area contributed by atoms with E-state index in [1.807, 2.05) is 30.3 Å². The van der Waals surface area contributed by atoms with Crippen molar-refractivity contribution in [3.05, 3.63) is 64.6 Å². The van der Waals surface area contributed by atoms with E-state index in [1.54, 1.807) is 24.3 Å². The van der Waals surface area contributed by atoms with Gasteiger partial charge in [-0.2, -0.15) is 0 Å². The van der Waals surface area contributed by atoms with Gasteiger partial charge in [-0.15, -0.1) is 0 Å². The van der Waals surface area contributed by atoms with Crippen molar-refractivity contribution in [1.82, 2.24) is 0 Å². The number of ether oxygens (including phenoxy) is 1. The van der Waals surface area contributed by atoms with E-state index in [0.29, 0.717) is 18.4 Å². The van der Waals surface area contributed by atoms with Crippen LogP contribution >= 0.6 is 15.9 Å². The van der Waals surface area contributed by atoms with Gasteiger partial charge in [0.1, 0.15) is 0 Å². The summed E-state index contributed by atoms with van der Waals surface area (Å²) in [6.45, 7) is 0. The molecule has 108 valence electrons. The molecule has 0 bridgehead atoms. The zero-order valence-corrected chi connectivity index (χ0v) is 12.7. The molecule has 0 radical (unpaired) electrons. The number of rotatable bonds is 5. The molecule has 0 spiro atoms. The Labute approximate surface area is 131 Å². The van der Waals surface area contributed by atoms with Crippen LogP contribution in [-0.2, 0) is 16.0 Å². The highest BCUT2D eigenvalue weighted by atomic mass is 79.9. The van der Waals surface area contributed by atoms with E-state index in [1.165, 1.54) is 0 Å². The minimum Gasteiger partial charge on any atom is -0.438 e. The Kier molecular flexibility index (Phi) is 5.51. The first-order valence-electron chi connectivity index (χ1n) is 6.40. The highest BCUT2D eigenvalue weighted by Gasteiger charge is 2.14. The van der Waals surface area contributed by atoms with Gasteiger partial charge in [-0.05, 0) is 29.8 Å². The topological polar surface area (TPSA) is 55.4 Å². The van der Waals surface area contributed by atoms with E-state index in [0.717, 1.165) is 10.0 Å². The number of anilines is 1. The van der Waals surface area contributed by atoms with Crippen LogP contribution in [0.5, 0.6) is 0 Å². The van der Waals surface area contributed by atoms with Crippen LogP contribution in [0.2, 0.25) is 0 Å². The van der Waals surface area contributed by atoms with Crippen molar-refractivity contribution < 1.29 is 14.3 Å². The molecule has 0 aliphatic rings. The second-order valence-electron chi connectivity index (χ2n) is 4.40. The van der Waals surface area contributed by atoms with E-state index in [-0.39, 0.29) is 0 Å². The number of hydrogen-bond donors (Lipinski definition) is 1. The average molecular weight is 348 g/mol. The summed E-state index contributed by atoms with van der Waals surface area (Å²) in [7, 11) is 0. The summed E-state index contributed by atoms with van der Waals surface area (Å²) in [5, 5.41) is 2.58. The molecule has 0 unspecified atom stereocenters. The number of carbonyl (C=O) groups excluding carboxylic acids is 2. The van der Waals surface area contributed by atoms with E-state index < -0.39 is 12.2 Å². The van der Waals surface area contributed by atoms with E-state index in [2.05, 4.69) is 21.2 Å². The normalized spacial score (nSPS) is 11.5. The Morgan fingerprint density at radius 3 is 2.43 bits per heavy atom. The molecule has 2 aromatic rings. The molecule has 0 aromatic heterocycles. The first kappa shape index (κ1) is 15.3. The fourth-order valence-corrected chi connectivity index (χ4v) is 2.05. The number of amides is 1. The van der Waals surface area contributed by atoms with Crippen LogP contribution in [0.3, 0.4) is 0 Å². The number of nitrogens with one attached hydrogen (secondary N) is 1. The largest absolute Gasteiger partial charge is 0.438 e. The van der Waals surface area contributed by atoms with E-state index >= 15 is 0 Å². The van der Waals surface area contributed by atoms with Crippen LogP contribution in [0, 0.1) is 0 Å². The molecule has 1 amide bonds. The minimum atomic E-state index is -0.803. The van der Waals surface area contributed by atoms with Crippen molar-refractivity contribution in [3.63, 3.8) is 0 Å². The summed E-state index contributed by atoms with van der Waals surface area (Å²) < 4.78 is 6.02. The van der Waals surface area contributed by atoms with Crippen molar-refractivity contribution in [2.24, 2.45) is 0 Å². The van der Waals surface area contributed by atoms with Gasteiger partial charge in [0.05, 0.1) is 0 Å². The van der Waals surface area contributed by atoms with E-state index in [9.17, 15) is 9.59 Å². The molecule has 2 aromatic carbocycles. The zero-order chi connectivity index (χ0) is 15.1. The summed E-state index contributed by atoms with van der Waals surface area (Å²) in [5.74, 6) is 0. The first-order chi connectivity index (χ1) is 10.2. The summed E-state index contributed by atoms with van der Waals surface area (Å²) in [6, 6.07) is 16.5. The van der Waals surface area contributed by atoms with Crippen LogP contribution in [0.1, 0.15) is 5.56 Å². The van der Waals surface area contributed by atoms with Crippen molar-refractivity contribution >= 4 is 34.0 Å². The van der Waals surface area contributed by atoms with Gasteiger partial charge in [0.25, 0.3) is 0 Å². The van der Waals surface area contributed by atoms with Gasteiger partial charge in [-0.3, -0.25) is 10.1 Å². The van der Waals surface area contributed by atoms with Gasteiger partial charge in [0.15, 0.2) is 12.4 Å². The molecule has 1 N–H and O–H groups in total. The molecule has 0 aliphatic heterocycles. The number of benzene rings is 2. The molecule has 5 heteroatoms. The molecule has 1 atom stereocenters. The molecule has 0 saturated heterocycles. The van der Waals surface area contributed by atoms with Gasteiger partial charge in [0, 0.05) is 16.6 Å². The molecule has 4 nitrogen and oxygen atoms in total. The minimum absolute atomic E-state index is 0.359. The SMILES string of the molecule is O=C[C@H](Cc1ccccc1)OC(=O)Nc1ccc(Br)cc1. The molecule has 21 heavy (non-hydrogen) atoms. The van der Waals surface area contributed by atoms with Crippen molar-refractivity contribution in [2.75, 3.05) is 5.32 Å². The lowest BCUT2D eigenvalue weighted by Crippen LogP contribution is -2.25. The molecule has 0 saturated carbocycles. The van der Waals surface area contributed by atoms with Crippen LogP contribution < -0.4 is 5.32 Å². The average Bonchev–Trinajstić information content (AvgIpc) is 2.50. The maximum atomic E-state index is 11.8. The van der Waals surface area contributed by atoms with Gasteiger partial charge in [-0.25, -0.2) is 4.79 Å². The van der Waals surface area contributed by atoms with Gasteiger partial charge >= 0.3 is 6.09 Å². The number of halogens is 1. The highest BCUT2D eigenvalue weighted by Crippen LogP contribution is 2.14. The number of carbonyl (C=O) groups is 2. The molecule has 2 rings (SSSR count). The molecular weight excluding hydrogens is 334 g/mol. The smallest absolute Gasteiger partial charge is 0.412 e. The van der Waals surface area contributed by atoms with Gasteiger partial charge in [-0.1, -0.05) is 46.3 Å². The van der Waals surface area contributed by atoms with Crippen LogP contribution in [0.25, 0.3) is 0 Å². The maximum Gasteiger partial charge on any atom is 0.412 e. The standard InChI is InChI=1S/C16H14BrNO3/c17-13-6-8-14(9-7-13)18-16(20)21-15(11-19)10-12-4-2-1-3-5-12/h1-9,11,15H,10H2,(H,18,20)/t15-/m0/s1. The number of aldehydes is 1. The van der Waals surface area contributed by atoms with Crippen LogP contribution in [-0.4, -0.2) is 18.5 Å². The molecule has 0 heterocycles. The Morgan fingerprint density at radius 2 is 1.81 bits per heavy atom. The predicted octanol–water partition coefficient (Wildman–Crippen LogP) is 3.81. The second-order valence-corrected chi connectivity index (χ2v) is 5.32. The van der Waals surface area contributed by atoms with Crippen molar-refractivity contribution in [1.29, 1.82) is 0 Å². The lowest BCUT2D eigenvalue weighted by Gasteiger charge is -2.13. The third-order valence-corrected chi connectivity index (χ3v) is 3.31. The summed E-state index contributed by atoms with van der Waals surface area (Å²) in [5.41, 5.74) is 1.54. The third kappa shape index (κ3) is 5.04. The maximum absolute atomic E-state index is 11.8. The van der Waals surface area contributed by atoms with E-state index in [4.69, 9.17) is 4.74 Å². The monoisotopic (exact) mass is 347 g/mol. The Hall–Kier alpha value is -2.14. The molecular formula is C16H14BrNO3. The summed E-state index contributed by atoms with van der Waals surface area (Å²) >= 11 is 3.31. The summed E-state index contributed by atoms with van der Waals surface area (Å²) in [4.78, 5) is 22.8. The quantitative estimate of drug-likeness (QED) is 0.836. The first-order valence-corrected chi connectivity index (χ1v) is 7.19. The third-order valence-electron chi connectivity index (χ3n) is 2.78. The fourth-order valence-electron chi connectivity index (χ4n) is 1.78. The van der Waals surface area contributed by atoms with Crippen LogP contribution in [0.4, 0.5) is 10.5 Å². The zero-order valence-electron chi connectivity index (χ0n) is 11.2. The second kappa shape index (κ2) is 7.59. The molecule has 0 aliphatic carbocycles.